The lowest BCUT2D eigenvalue weighted by Gasteiger charge is -2.53. The van der Waals surface area contributed by atoms with Gasteiger partial charge in [0.05, 0.1) is 62.8 Å². The molecule has 0 radical (unpaired) electrons. The van der Waals surface area contributed by atoms with Gasteiger partial charge in [-0.1, -0.05) is 0 Å². The summed E-state index contributed by atoms with van der Waals surface area (Å²) in [6.45, 7) is 10.1. The van der Waals surface area contributed by atoms with E-state index in [0.29, 0.717) is 77.5 Å². The maximum absolute atomic E-state index is 14.8. The van der Waals surface area contributed by atoms with E-state index in [1.165, 1.54) is 30.2 Å². The number of carboxylic acid groups (broad SMARTS) is 1. The fourth-order valence-corrected chi connectivity index (χ4v) is 6.16. The molecule has 1 fully saturated rings. The number of rotatable bonds is 7. The van der Waals surface area contributed by atoms with Crippen molar-refractivity contribution in [3.05, 3.63) is 58.4 Å². The minimum absolute atomic E-state index is 0.158. The predicted molar refractivity (Wildman–Crippen MR) is 151 cm³/mol. The van der Waals surface area contributed by atoms with Crippen LogP contribution in [0, 0.1) is 5.82 Å². The van der Waals surface area contributed by atoms with E-state index >= 15 is 0 Å². The highest BCUT2D eigenvalue weighted by atomic mass is 19.1. The molecule has 11 heteroatoms. The number of hydrogen-bond donors (Lipinski definition) is 1. The summed E-state index contributed by atoms with van der Waals surface area (Å²) in [5.74, 6) is 1.07. The zero-order valence-corrected chi connectivity index (χ0v) is 24.1. The summed E-state index contributed by atoms with van der Waals surface area (Å²) in [5, 5.41) is 10.5. The lowest BCUT2D eigenvalue weighted by atomic mass is 9.92. The van der Waals surface area contributed by atoms with E-state index in [2.05, 4.69) is 25.8 Å². The van der Waals surface area contributed by atoms with Crippen molar-refractivity contribution in [2.45, 2.75) is 58.3 Å². The van der Waals surface area contributed by atoms with E-state index in [-0.39, 0.29) is 23.7 Å². The predicted octanol–water partition coefficient (Wildman–Crippen LogP) is 4.27. The molecule has 41 heavy (non-hydrogen) atoms. The van der Waals surface area contributed by atoms with E-state index < -0.39 is 11.9 Å². The van der Waals surface area contributed by atoms with E-state index in [1.54, 1.807) is 22.9 Å². The van der Waals surface area contributed by atoms with Crippen molar-refractivity contribution in [1.82, 2.24) is 14.5 Å². The molecule has 10 nitrogen and oxygen atoms in total. The second kappa shape index (κ2) is 11.2. The van der Waals surface area contributed by atoms with E-state index in [9.17, 15) is 19.1 Å². The number of fused-ring (bicyclic) bond motifs is 2. The fraction of sp³-hybridized carbons (Fsp3) is 0.500. The number of quaternary nitrogens is 1. The second-order valence-corrected chi connectivity index (χ2v) is 11.8. The average Bonchev–Trinajstić information content (AvgIpc) is 2.94. The molecule has 0 atom stereocenters. The topological polar surface area (TPSA) is 103 Å². The van der Waals surface area contributed by atoms with Gasteiger partial charge in [-0.15, -0.1) is 0 Å². The molecule has 4 heterocycles. The molecule has 1 amide bonds. The van der Waals surface area contributed by atoms with Crippen LogP contribution in [0.1, 0.15) is 39.3 Å². The molecule has 0 saturated carbocycles. The Morgan fingerprint density at radius 1 is 1.17 bits per heavy atom. The first kappa shape index (κ1) is 28.7. The number of hydrogen-bond acceptors (Lipinski definition) is 6. The first-order valence-electron chi connectivity index (χ1n) is 14.0. The summed E-state index contributed by atoms with van der Waals surface area (Å²) in [7, 11) is 1.47. The number of amides is 1. The third kappa shape index (κ3) is 5.68. The Labute approximate surface area is 238 Å². The summed E-state index contributed by atoms with van der Waals surface area (Å²) in [5.41, 5.74) is 0.751. The highest BCUT2D eigenvalue weighted by Gasteiger charge is 2.45. The van der Waals surface area contributed by atoms with Crippen LogP contribution in [0.2, 0.25) is 0 Å². The van der Waals surface area contributed by atoms with Crippen molar-refractivity contribution in [1.29, 1.82) is 0 Å². The summed E-state index contributed by atoms with van der Waals surface area (Å²) in [4.78, 5) is 31.2. The van der Waals surface area contributed by atoms with Crippen molar-refractivity contribution in [3.8, 4) is 17.2 Å². The molecule has 2 aliphatic rings. The molecule has 0 spiro atoms. The molecule has 1 aromatic carbocycles. The SMILES string of the molecule is COc1cc(F)c2ccc(=O)n(CC[N+]3(C(C)(C)C)CCC(N(Cc4cc5c(cn4)OCCO5)C(=O)O)CC3)c2c1. The molecule has 0 unspecified atom stereocenters. The summed E-state index contributed by atoms with van der Waals surface area (Å²) in [6.07, 6.45) is 1.94. The van der Waals surface area contributed by atoms with Gasteiger partial charge in [-0.05, 0) is 26.8 Å². The smallest absolute Gasteiger partial charge is 0.407 e. The Kier molecular flexibility index (Phi) is 7.83. The normalized spacial score (nSPS) is 20.6. The number of benzene rings is 1. The fourth-order valence-electron chi connectivity index (χ4n) is 6.16. The van der Waals surface area contributed by atoms with Gasteiger partial charge in [0.25, 0.3) is 5.56 Å². The van der Waals surface area contributed by atoms with Crippen molar-refractivity contribution in [2.75, 3.05) is 40.0 Å². The standard InChI is InChI=1S/C30H37FN4O6/c1-30(2,3)35(12-9-33-25-17-22(39-4)16-24(31)23(25)5-6-28(33)36)10-7-21(8-11-35)34(29(37)38)19-20-15-26-27(18-32-20)41-14-13-40-26/h5-6,15-18,21H,7-14,19H2,1-4H3/p+1. The Balaban J connectivity index is 1.34. The third-order valence-corrected chi connectivity index (χ3v) is 8.73. The molecule has 0 aliphatic carbocycles. The second-order valence-electron chi connectivity index (χ2n) is 11.8. The van der Waals surface area contributed by atoms with Crippen molar-refractivity contribution in [2.24, 2.45) is 0 Å². The number of piperidine rings is 1. The molecule has 1 N–H and O–H groups in total. The lowest BCUT2D eigenvalue weighted by Crippen LogP contribution is -2.66. The summed E-state index contributed by atoms with van der Waals surface area (Å²) in [6, 6.07) is 7.52. The quantitative estimate of drug-likeness (QED) is 0.424. The number of nitrogens with zero attached hydrogens (tertiary/aromatic N) is 4. The van der Waals surface area contributed by atoms with Gasteiger partial charge in [0.1, 0.15) is 24.8 Å². The van der Waals surface area contributed by atoms with Crippen LogP contribution in [0.4, 0.5) is 9.18 Å². The number of carbonyl (C=O) groups is 1. The van der Waals surface area contributed by atoms with Gasteiger partial charge in [0.2, 0.25) is 0 Å². The van der Waals surface area contributed by atoms with Gasteiger partial charge in [-0.2, -0.15) is 0 Å². The number of halogens is 1. The number of methoxy groups -OCH3 is 1. The molecule has 5 rings (SSSR count). The van der Waals surface area contributed by atoms with E-state index in [0.717, 1.165) is 13.1 Å². The van der Waals surface area contributed by atoms with Crippen LogP contribution >= 0.6 is 0 Å². The molecule has 1 saturated heterocycles. The number of aromatic nitrogens is 2. The zero-order chi connectivity index (χ0) is 29.4. The van der Waals surface area contributed by atoms with Crippen LogP contribution in [0.15, 0.2) is 41.3 Å². The maximum atomic E-state index is 14.8. The molecule has 3 aromatic rings. The molecule has 0 bridgehead atoms. The van der Waals surface area contributed by atoms with Gasteiger partial charge in [-0.3, -0.25) is 14.7 Å². The van der Waals surface area contributed by atoms with Gasteiger partial charge < -0.3 is 28.4 Å². The largest absolute Gasteiger partial charge is 0.497 e. The van der Waals surface area contributed by atoms with E-state index in [1.807, 2.05) is 0 Å². The average molecular weight is 570 g/mol. The lowest BCUT2D eigenvalue weighted by molar-refractivity contribution is -0.975. The number of likely N-dealkylation sites (tertiary alicyclic amines) is 1. The molecular formula is C30H38FN4O6+. The van der Waals surface area contributed by atoms with Gasteiger partial charge >= 0.3 is 6.09 Å². The van der Waals surface area contributed by atoms with Crippen molar-refractivity contribution >= 4 is 17.0 Å². The first-order chi connectivity index (χ1) is 19.5. The van der Waals surface area contributed by atoms with Crippen LogP contribution in [0.5, 0.6) is 17.2 Å². The summed E-state index contributed by atoms with van der Waals surface area (Å²) >= 11 is 0. The van der Waals surface area contributed by atoms with Crippen LogP contribution in [0.25, 0.3) is 10.9 Å². The van der Waals surface area contributed by atoms with Crippen LogP contribution in [-0.4, -0.2) is 81.7 Å². The Morgan fingerprint density at radius 3 is 2.54 bits per heavy atom. The van der Waals surface area contributed by atoms with Crippen molar-refractivity contribution < 1.29 is 33.0 Å². The van der Waals surface area contributed by atoms with Gasteiger partial charge in [0, 0.05) is 48.5 Å². The highest BCUT2D eigenvalue weighted by molar-refractivity contribution is 5.81. The summed E-state index contributed by atoms with van der Waals surface area (Å²) < 4.78 is 33.5. The van der Waals surface area contributed by atoms with Crippen LogP contribution in [-0.2, 0) is 13.1 Å². The Bertz CT molecular complexity index is 1490. The highest BCUT2D eigenvalue weighted by Crippen LogP contribution is 2.34. The minimum Gasteiger partial charge on any atom is -0.497 e. The van der Waals surface area contributed by atoms with E-state index in [4.69, 9.17) is 14.2 Å². The van der Waals surface area contributed by atoms with Gasteiger partial charge in [-0.25, -0.2) is 9.18 Å². The van der Waals surface area contributed by atoms with Crippen LogP contribution < -0.4 is 19.8 Å². The molecule has 2 aromatic heterocycles. The van der Waals surface area contributed by atoms with Crippen molar-refractivity contribution in [3.63, 3.8) is 0 Å². The Morgan fingerprint density at radius 2 is 1.88 bits per heavy atom. The molecule has 220 valence electrons. The molecular weight excluding hydrogens is 531 g/mol. The first-order valence-corrected chi connectivity index (χ1v) is 14.0. The maximum Gasteiger partial charge on any atom is 0.407 e. The number of ether oxygens (including phenoxy) is 3. The third-order valence-electron chi connectivity index (χ3n) is 8.73. The molecule has 2 aliphatic heterocycles. The number of pyridine rings is 2. The zero-order valence-electron chi connectivity index (χ0n) is 24.1. The monoisotopic (exact) mass is 569 g/mol. The minimum atomic E-state index is -0.985. The van der Waals surface area contributed by atoms with Crippen LogP contribution in [0.3, 0.4) is 0 Å². The Hall–Kier alpha value is -3.86. The van der Waals surface area contributed by atoms with Gasteiger partial charge in [0.15, 0.2) is 11.5 Å².